The summed E-state index contributed by atoms with van der Waals surface area (Å²) in [5, 5.41) is 7.89. The molecule has 0 atom stereocenters. The average Bonchev–Trinajstić information content (AvgIpc) is 3.61. The van der Waals surface area contributed by atoms with Crippen LogP contribution in [-0.2, 0) is 13.7 Å². The molecular formula is C27H22ClF2N5O4S. The van der Waals surface area contributed by atoms with Crippen molar-refractivity contribution in [3.63, 3.8) is 0 Å². The van der Waals surface area contributed by atoms with E-state index in [-0.39, 0.29) is 27.8 Å². The van der Waals surface area contributed by atoms with Crippen molar-refractivity contribution in [3.8, 4) is 16.9 Å². The van der Waals surface area contributed by atoms with Crippen LogP contribution in [0.4, 0.5) is 14.5 Å². The lowest BCUT2D eigenvalue weighted by Gasteiger charge is -2.10. The number of thiophene rings is 1. The van der Waals surface area contributed by atoms with Gasteiger partial charge in [-0.05, 0) is 61.4 Å². The van der Waals surface area contributed by atoms with Gasteiger partial charge in [-0.2, -0.15) is 5.10 Å². The summed E-state index contributed by atoms with van der Waals surface area (Å²) >= 11 is 6.86. The van der Waals surface area contributed by atoms with Gasteiger partial charge < -0.3 is 20.2 Å². The maximum atomic E-state index is 13.7. The standard InChI is InChI=1S/C27H22ClF2N5O4S/c1-12-8-14(4-6-18(12)28)38-11-15-5-7-20(39-15)26(37)33-22-21-16(17-10-35(3)34-13(17)2)9-19(24(29)30)32-27(21)40-23(22)25(31)36/h4-10,24H,11H2,1-3H3,(H2,31,36)(H,33,37). The van der Waals surface area contributed by atoms with E-state index < -0.39 is 23.9 Å². The van der Waals surface area contributed by atoms with Crippen LogP contribution in [0.1, 0.15) is 49.4 Å². The first-order chi connectivity index (χ1) is 19.0. The number of halogens is 3. The first kappa shape index (κ1) is 27.3. The van der Waals surface area contributed by atoms with E-state index in [1.165, 1.54) is 16.8 Å². The number of fused-ring (bicyclic) bond motifs is 1. The molecule has 206 valence electrons. The molecule has 0 fully saturated rings. The molecule has 4 heterocycles. The van der Waals surface area contributed by atoms with Gasteiger partial charge in [-0.25, -0.2) is 13.8 Å². The van der Waals surface area contributed by atoms with E-state index >= 15 is 0 Å². The first-order valence-corrected chi connectivity index (χ1v) is 13.1. The number of nitrogens with two attached hydrogens (primary N) is 1. The lowest BCUT2D eigenvalue weighted by molar-refractivity contribution is 0.0992. The summed E-state index contributed by atoms with van der Waals surface area (Å²) in [5.74, 6) is -0.635. The number of rotatable bonds is 8. The minimum Gasteiger partial charge on any atom is -0.486 e. The number of hydrogen-bond acceptors (Lipinski definition) is 7. The number of ether oxygens (including phenoxy) is 1. The van der Waals surface area contributed by atoms with Crippen molar-refractivity contribution in [2.45, 2.75) is 26.9 Å². The fourth-order valence-electron chi connectivity index (χ4n) is 4.21. The van der Waals surface area contributed by atoms with Gasteiger partial charge in [-0.15, -0.1) is 11.3 Å². The third-order valence-electron chi connectivity index (χ3n) is 6.07. The minimum absolute atomic E-state index is 0.0433. The molecule has 0 aliphatic carbocycles. The van der Waals surface area contributed by atoms with Crippen molar-refractivity contribution in [3.05, 3.63) is 81.0 Å². The molecule has 40 heavy (non-hydrogen) atoms. The summed E-state index contributed by atoms with van der Waals surface area (Å²) in [4.78, 5) is 29.7. The lowest BCUT2D eigenvalue weighted by atomic mass is 10.0. The van der Waals surface area contributed by atoms with Crippen molar-refractivity contribution >= 4 is 50.7 Å². The summed E-state index contributed by atoms with van der Waals surface area (Å²) in [5.41, 5.74) is 7.46. The number of aromatic nitrogens is 3. The van der Waals surface area contributed by atoms with Crippen LogP contribution in [0.15, 0.2) is 47.0 Å². The van der Waals surface area contributed by atoms with E-state index in [1.54, 1.807) is 44.4 Å². The topological polar surface area (TPSA) is 125 Å². The highest BCUT2D eigenvalue weighted by atomic mass is 35.5. The molecule has 2 amide bonds. The highest BCUT2D eigenvalue weighted by Crippen LogP contribution is 2.43. The molecule has 0 radical (unpaired) electrons. The summed E-state index contributed by atoms with van der Waals surface area (Å²) in [6, 6.07) is 9.48. The van der Waals surface area contributed by atoms with Crippen molar-refractivity contribution < 1.29 is 27.5 Å². The van der Waals surface area contributed by atoms with Crippen LogP contribution in [0.3, 0.4) is 0 Å². The Kier molecular flexibility index (Phi) is 7.30. The molecule has 5 rings (SSSR count). The third-order valence-corrected chi connectivity index (χ3v) is 7.59. The number of carbonyl (C=O) groups is 2. The highest BCUT2D eigenvalue weighted by Gasteiger charge is 2.27. The molecule has 0 aliphatic rings. The average molecular weight is 586 g/mol. The zero-order valence-corrected chi connectivity index (χ0v) is 23.0. The molecule has 0 spiro atoms. The fourth-order valence-corrected chi connectivity index (χ4v) is 5.34. The number of carbonyl (C=O) groups excluding carboxylic acids is 2. The van der Waals surface area contributed by atoms with E-state index in [0.717, 1.165) is 16.9 Å². The Labute approximate surface area is 235 Å². The van der Waals surface area contributed by atoms with Crippen LogP contribution >= 0.6 is 22.9 Å². The summed E-state index contributed by atoms with van der Waals surface area (Å²) in [6.07, 6.45) is -1.20. The van der Waals surface area contributed by atoms with Crippen molar-refractivity contribution in [2.24, 2.45) is 12.8 Å². The van der Waals surface area contributed by atoms with Crippen molar-refractivity contribution in [1.29, 1.82) is 0 Å². The SMILES string of the molecule is Cc1cc(OCc2ccc(C(=O)Nc3c(C(N)=O)sc4nc(C(F)F)cc(-c5cn(C)nc5C)c34)o2)ccc1Cl. The van der Waals surface area contributed by atoms with Gasteiger partial charge in [-0.1, -0.05) is 11.6 Å². The van der Waals surface area contributed by atoms with Gasteiger partial charge in [0.15, 0.2) is 5.76 Å². The Morgan fingerprint density at radius 1 is 1.20 bits per heavy atom. The molecule has 1 aromatic carbocycles. The fraction of sp³-hybridized carbons (Fsp3) is 0.185. The maximum absolute atomic E-state index is 13.7. The Bertz CT molecular complexity index is 1780. The second-order valence-corrected chi connectivity index (χ2v) is 10.4. The van der Waals surface area contributed by atoms with Gasteiger partial charge in [0.2, 0.25) is 0 Å². The van der Waals surface area contributed by atoms with Gasteiger partial charge in [-0.3, -0.25) is 14.3 Å². The van der Waals surface area contributed by atoms with E-state index in [2.05, 4.69) is 15.4 Å². The molecule has 0 saturated carbocycles. The van der Waals surface area contributed by atoms with Crippen LogP contribution in [0.2, 0.25) is 5.02 Å². The number of alkyl halides is 2. The van der Waals surface area contributed by atoms with Gasteiger partial charge in [0.05, 0.1) is 11.4 Å². The summed E-state index contributed by atoms with van der Waals surface area (Å²) < 4.78 is 40.4. The predicted molar refractivity (Wildman–Crippen MR) is 147 cm³/mol. The van der Waals surface area contributed by atoms with E-state index in [4.69, 9.17) is 26.5 Å². The summed E-state index contributed by atoms with van der Waals surface area (Å²) in [7, 11) is 1.69. The molecule has 0 bridgehead atoms. The predicted octanol–water partition coefficient (Wildman–Crippen LogP) is 6.43. The Morgan fingerprint density at radius 3 is 2.62 bits per heavy atom. The Balaban J connectivity index is 1.50. The first-order valence-electron chi connectivity index (χ1n) is 11.9. The normalized spacial score (nSPS) is 11.4. The van der Waals surface area contributed by atoms with Crippen LogP contribution in [-0.4, -0.2) is 26.6 Å². The molecule has 9 nitrogen and oxygen atoms in total. The lowest BCUT2D eigenvalue weighted by Crippen LogP contribution is -2.16. The van der Waals surface area contributed by atoms with Crippen LogP contribution in [0, 0.1) is 13.8 Å². The maximum Gasteiger partial charge on any atom is 0.291 e. The number of hydrogen-bond donors (Lipinski definition) is 2. The second-order valence-electron chi connectivity index (χ2n) is 8.97. The van der Waals surface area contributed by atoms with Crippen LogP contribution < -0.4 is 15.8 Å². The molecule has 0 saturated heterocycles. The second kappa shape index (κ2) is 10.7. The molecule has 5 aromatic rings. The number of primary amides is 1. The third kappa shape index (κ3) is 5.27. The Morgan fingerprint density at radius 2 is 1.98 bits per heavy atom. The largest absolute Gasteiger partial charge is 0.486 e. The van der Waals surface area contributed by atoms with Crippen LogP contribution in [0.25, 0.3) is 21.3 Å². The minimum atomic E-state index is -2.86. The number of nitrogens with zero attached hydrogens (tertiary/aromatic N) is 3. The van der Waals surface area contributed by atoms with Gasteiger partial charge in [0.25, 0.3) is 18.2 Å². The number of anilines is 1. The number of benzene rings is 1. The molecular weight excluding hydrogens is 564 g/mol. The van der Waals surface area contributed by atoms with E-state index in [1.807, 2.05) is 6.92 Å². The number of aryl methyl sites for hydroxylation is 3. The zero-order chi connectivity index (χ0) is 28.7. The molecule has 13 heteroatoms. The Hall–Kier alpha value is -4.29. The van der Waals surface area contributed by atoms with Crippen LogP contribution in [0.5, 0.6) is 5.75 Å². The van der Waals surface area contributed by atoms with Gasteiger partial charge in [0.1, 0.15) is 33.5 Å². The van der Waals surface area contributed by atoms with E-state index in [0.29, 0.717) is 38.7 Å². The quantitative estimate of drug-likeness (QED) is 0.216. The van der Waals surface area contributed by atoms with Crippen molar-refractivity contribution in [1.82, 2.24) is 14.8 Å². The molecule has 3 N–H and O–H groups in total. The zero-order valence-electron chi connectivity index (χ0n) is 21.4. The molecule has 0 unspecified atom stereocenters. The molecule has 4 aromatic heterocycles. The smallest absolute Gasteiger partial charge is 0.291 e. The van der Waals surface area contributed by atoms with Gasteiger partial charge in [0, 0.05) is 29.2 Å². The number of nitrogens with one attached hydrogen (secondary N) is 1. The number of pyridine rings is 1. The monoisotopic (exact) mass is 585 g/mol. The van der Waals surface area contributed by atoms with E-state index in [9.17, 15) is 18.4 Å². The number of furan rings is 1. The highest BCUT2D eigenvalue weighted by molar-refractivity contribution is 7.21. The molecule has 0 aliphatic heterocycles. The van der Waals surface area contributed by atoms with Gasteiger partial charge >= 0.3 is 0 Å². The van der Waals surface area contributed by atoms with Crippen molar-refractivity contribution in [2.75, 3.05) is 5.32 Å². The summed E-state index contributed by atoms with van der Waals surface area (Å²) in [6.45, 7) is 3.62. The number of amides is 2.